The lowest BCUT2D eigenvalue weighted by Crippen LogP contribution is -2.58. The monoisotopic (exact) mass is 336 g/mol. The number of nitrogens with one attached hydrogen (secondary N) is 1. The van der Waals surface area contributed by atoms with Crippen molar-refractivity contribution in [3.05, 3.63) is 0 Å². The van der Waals surface area contributed by atoms with Gasteiger partial charge in [-0.15, -0.1) is 0 Å². The standard InChI is InChI=1S/C18H28N2O2S/c21-11-15-3-1-2-4-20(15)17(23)19-16(22)18-8-12-5-13(9-18)7-14(6-12)10-18/h12-15,21H,1-11H2,(H,19,22,23)/t12?,13?,14?,15-,18?/m1/s1. The van der Waals surface area contributed by atoms with Gasteiger partial charge in [0.05, 0.1) is 18.1 Å². The third-order valence-electron chi connectivity index (χ3n) is 6.84. The number of carbonyl (C=O) groups is 1. The third-order valence-corrected chi connectivity index (χ3v) is 7.18. The lowest BCUT2D eigenvalue weighted by atomic mass is 9.49. The Morgan fingerprint density at radius 2 is 1.74 bits per heavy atom. The van der Waals surface area contributed by atoms with E-state index >= 15 is 0 Å². The number of aliphatic hydroxyl groups excluding tert-OH is 1. The molecule has 5 rings (SSSR count). The van der Waals surface area contributed by atoms with Gasteiger partial charge in [0.25, 0.3) is 0 Å². The molecule has 128 valence electrons. The molecule has 4 bridgehead atoms. The van der Waals surface area contributed by atoms with Crippen molar-refractivity contribution in [1.82, 2.24) is 10.2 Å². The second-order valence-electron chi connectivity index (χ2n) is 8.48. The number of likely N-dealkylation sites (tertiary alicyclic amines) is 1. The summed E-state index contributed by atoms with van der Waals surface area (Å²) < 4.78 is 0. The van der Waals surface area contributed by atoms with E-state index in [9.17, 15) is 9.90 Å². The minimum Gasteiger partial charge on any atom is -0.394 e. The predicted molar refractivity (Wildman–Crippen MR) is 92.8 cm³/mol. The topological polar surface area (TPSA) is 52.6 Å². The minimum atomic E-state index is -0.149. The first-order chi connectivity index (χ1) is 11.1. The molecule has 0 spiro atoms. The average molecular weight is 337 g/mol. The van der Waals surface area contributed by atoms with Crippen LogP contribution in [0.4, 0.5) is 0 Å². The van der Waals surface area contributed by atoms with Crippen molar-refractivity contribution in [2.75, 3.05) is 13.2 Å². The fourth-order valence-electron chi connectivity index (χ4n) is 6.15. The Kier molecular flexibility index (Phi) is 4.12. The van der Waals surface area contributed by atoms with Crippen LogP contribution in [0.15, 0.2) is 0 Å². The molecule has 0 aromatic heterocycles. The summed E-state index contributed by atoms with van der Waals surface area (Å²) in [6.45, 7) is 0.971. The van der Waals surface area contributed by atoms with Crippen molar-refractivity contribution < 1.29 is 9.90 Å². The Morgan fingerprint density at radius 1 is 1.13 bits per heavy atom. The van der Waals surface area contributed by atoms with E-state index in [1.165, 1.54) is 19.3 Å². The second-order valence-corrected chi connectivity index (χ2v) is 8.87. The Morgan fingerprint density at radius 3 is 2.30 bits per heavy atom. The van der Waals surface area contributed by atoms with E-state index in [0.29, 0.717) is 5.11 Å². The molecule has 5 heteroatoms. The maximum atomic E-state index is 13.1. The van der Waals surface area contributed by atoms with Crippen molar-refractivity contribution in [1.29, 1.82) is 0 Å². The lowest BCUT2D eigenvalue weighted by Gasteiger charge is -2.55. The van der Waals surface area contributed by atoms with Gasteiger partial charge in [0.15, 0.2) is 5.11 Å². The molecule has 4 saturated carbocycles. The molecule has 1 saturated heterocycles. The van der Waals surface area contributed by atoms with Crippen LogP contribution in [0.25, 0.3) is 0 Å². The average Bonchev–Trinajstić information content (AvgIpc) is 2.53. The van der Waals surface area contributed by atoms with Crippen LogP contribution in [0.3, 0.4) is 0 Å². The van der Waals surface area contributed by atoms with Crippen molar-refractivity contribution in [3.8, 4) is 0 Å². The highest BCUT2D eigenvalue weighted by Gasteiger charge is 2.54. The van der Waals surface area contributed by atoms with E-state index in [4.69, 9.17) is 12.2 Å². The van der Waals surface area contributed by atoms with Crippen LogP contribution in [0.2, 0.25) is 0 Å². The van der Waals surface area contributed by atoms with E-state index in [-0.39, 0.29) is 24.0 Å². The van der Waals surface area contributed by atoms with Crippen molar-refractivity contribution in [2.45, 2.75) is 63.8 Å². The molecule has 1 amide bonds. The van der Waals surface area contributed by atoms with Crippen molar-refractivity contribution >= 4 is 23.2 Å². The number of carbonyl (C=O) groups excluding carboxylic acids is 1. The van der Waals surface area contributed by atoms with Crippen LogP contribution < -0.4 is 5.32 Å². The zero-order chi connectivity index (χ0) is 16.0. The van der Waals surface area contributed by atoms with E-state index in [2.05, 4.69) is 5.32 Å². The lowest BCUT2D eigenvalue weighted by molar-refractivity contribution is -0.144. The molecule has 4 aliphatic carbocycles. The van der Waals surface area contributed by atoms with Gasteiger partial charge in [0, 0.05) is 6.54 Å². The Balaban J connectivity index is 1.44. The van der Waals surface area contributed by atoms with Crippen LogP contribution in [-0.4, -0.2) is 40.2 Å². The fourth-order valence-corrected chi connectivity index (χ4v) is 6.48. The normalized spacial score (nSPS) is 41.9. The number of thiocarbonyl (C=S) groups is 1. The van der Waals surface area contributed by atoms with Crippen LogP contribution in [0, 0.1) is 23.2 Å². The van der Waals surface area contributed by atoms with E-state index in [1.807, 2.05) is 4.90 Å². The van der Waals surface area contributed by atoms with Crippen molar-refractivity contribution in [3.63, 3.8) is 0 Å². The number of hydrogen-bond donors (Lipinski definition) is 2. The highest BCUT2D eigenvalue weighted by molar-refractivity contribution is 7.80. The van der Waals surface area contributed by atoms with E-state index in [1.54, 1.807) is 0 Å². The molecule has 5 aliphatic rings. The maximum absolute atomic E-state index is 13.1. The van der Waals surface area contributed by atoms with Crippen LogP contribution >= 0.6 is 12.2 Å². The number of rotatable bonds is 2. The molecule has 4 nitrogen and oxygen atoms in total. The summed E-state index contributed by atoms with van der Waals surface area (Å²) in [6.07, 6.45) is 10.4. The second kappa shape index (κ2) is 5.99. The first kappa shape index (κ1) is 15.8. The Bertz CT molecular complexity index is 472. The molecule has 1 aliphatic heterocycles. The quantitative estimate of drug-likeness (QED) is 0.761. The Labute approximate surface area is 144 Å². The molecule has 2 N–H and O–H groups in total. The van der Waals surface area contributed by atoms with Gasteiger partial charge in [-0.25, -0.2) is 0 Å². The molecule has 23 heavy (non-hydrogen) atoms. The SMILES string of the molecule is O=C(NC(=S)N1CCCC[C@@H]1CO)C12CC3CC(CC(C3)C1)C2. The first-order valence-corrected chi connectivity index (χ1v) is 9.73. The summed E-state index contributed by atoms with van der Waals surface area (Å²) in [4.78, 5) is 15.1. The molecule has 1 atom stereocenters. The summed E-state index contributed by atoms with van der Waals surface area (Å²) in [7, 11) is 0. The summed E-state index contributed by atoms with van der Waals surface area (Å²) in [5.41, 5.74) is -0.149. The molecule has 1 heterocycles. The van der Waals surface area contributed by atoms with Crippen molar-refractivity contribution in [2.24, 2.45) is 23.2 Å². The predicted octanol–water partition coefficient (Wildman–Crippen LogP) is 2.45. The highest BCUT2D eigenvalue weighted by atomic mass is 32.1. The molecule has 0 aromatic carbocycles. The Hall–Kier alpha value is -0.680. The number of nitrogens with zero attached hydrogens (tertiary/aromatic N) is 1. The molecule has 0 unspecified atom stereocenters. The first-order valence-electron chi connectivity index (χ1n) is 9.32. The molecular weight excluding hydrogens is 308 g/mol. The third kappa shape index (κ3) is 2.80. The minimum absolute atomic E-state index is 0.0768. The van der Waals surface area contributed by atoms with E-state index in [0.717, 1.165) is 62.8 Å². The van der Waals surface area contributed by atoms with Gasteiger partial charge in [-0.1, -0.05) is 0 Å². The van der Waals surface area contributed by atoms with Gasteiger partial charge in [-0.3, -0.25) is 4.79 Å². The molecule has 0 radical (unpaired) electrons. The maximum Gasteiger partial charge on any atom is 0.232 e. The van der Waals surface area contributed by atoms with Crippen LogP contribution in [0.5, 0.6) is 0 Å². The molecule has 5 fully saturated rings. The molecular formula is C18H28N2O2S. The smallest absolute Gasteiger partial charge is 0.232 e. The van der Waals surface area contributed by atoms with Gasteiger partial charge >= 0.3 is 0 Å². The van der Waals surface area contributed by atoms with Gasteiger partial charge in [-0.2, -0.15) is 0 Å². The zero-order valence-electron chi connectivity index (χ0n) is 13.8. The van der Waals surface area contributed by atoms with Gasteiger partial charge in [0.2, 0.25) is 5.91 Å². The summed E-state index contributed by atoms with van der Waals surface area (Å²) >= 11 is 5.53. The number of piperidine rings is 1. The summed E-state index contributed by atoms with van der Waals surface area (Å²) in [5.74, 6) is 2.46. The number of hydrogen-bond acceptors (Lipinski definition) is 3. The van der Waals surface area contributed by atoms with Gasteiger partial charge < -0.3 is 15.3 Å². The summed E-state index contributed by atoms with van der Waals surface area (Å²) in [6, 6.07) is 0.0768. The largest absolute Gasteiger partial charge is 0.394 e. The number of aliphatic hydroxyl groups is 1. The fraction of sp³-hybridized carbons (Fsp3) is 0.889. The summed E-state index contributed by atoms with van der Waals surface area (Å²) in [5, 5.41) is 13.2. The van der Waals surface area contributed by atoms with Crippen LogP contribution in [0.1, 0.15) is 57.8 Å². The highest BCUT2D eigenvalue weighted by Crippen LogP contribution is 2.60. The van der Waals surface area contributed by atoms with E-state index < -0.39 is 0 Å². The van der Waals surface area contributed by atoms with Gasteiger partial charge in [-0.05, 0) is 87.8 Å². The van der Waals surface area contributed by atoms with Gasteiger partial charge in [0.1, 0.15) is 0 Å². The zero-order valence-corrected chi connectivity index (χ0v) is 14.6. The molecule has 0 aromatic rings. The number of amides is 1. The van der Waals surface area contributed by atoms with Crippen LogP contribution in [-0.2, 0) is 4.79 Å².